The predicted octanol–water partition coefficient (Wildman–Crippen LogP) is 2.13. The molecule has 1 heterocycles. The molecule has 1 fully saturated rings. The third-order valence-corrected chi connectivity index (χ3v) is 3.21. The van der Waals surface area contributed by atoms with Crippen molar-refractivity contribution in [2.45, 2.75) is 31.3 Å². The summed E-state index contributed by atoms with van der Waals surface area (Å²) in [5.74, 6) is 0.261. The summed E-state index contributed by atoms with van der Waals surface area (Å²) in [6.07, 6.45) is 3.17. The Kier molecular flexibility index (Phi) is 1.80. The molecule has 2 aliphatic rings. The third-order valence-electron chi connectivity index (χ3n) is 3.21. The van der Waals surface area contributed by atoms with E-state index in [9.17, 15) is 9.50 Å². The van der Waals surface area contributed by atoms with Crippen LogP contribution in [0.3, 0.4) is 0 Å². The minimum atomic E-state index is -0.952. The lowest BCUT2D eigenvalue weighted by Crippen LogP contribution is -2.16. The zero-order chi connectivity index (χ0) is 10.5. The summed E-state index contributed by atoms with van der Waals surface area (Å²) >= 11 is 0. The van der Waals surface area contributed by atoms with Crippen molar-refractivity contribution in [1.82, 2.24) is 0 Å². The molecule has 15 heavy (non-hydrogen) atoms. The van der Waals surface area contributed by atoms with Crippen LogP contribution in [-0.4, -0.2) is 11.7 Å². The lowest BCUT2D eigenvalue weighted by molar-refractivity contribution is 0.138. The van der Waals surface area contributed by atoms with Gasteiger partial charge < -0.3 is 9.84 Å². The molecule has 80 valence electrons. The maximum Gasteiger partial charge on any atom is 0.133 e. The number of aryl methyl sites for hydroxylation is 1. The number of hydrogen-bond acceptors (Lipinski definition) is 2. The number of rotatable bonds is 1. The maximum atomic E-state index is 13.7. The molecule has 0 aromatic heterocycles. The van der Waals surface area contributed by atoms with Crippen LogP contribution in [0.15, 0.2) is 12.1 Å². The molecule has 1 aliphatic carbocycles. The van der Waals surface area contributed by atoms with E-state index in [-0.39, 0.29) is 5.82 Å². The van der Waals surface area contributed by atoms with Gasteiger partial charge >= 0.3 is 0 Å². The van der Waals surface area contributed by atoms with E-state index >= 15 is 0 Å². The van der Waals surface area contributed by atoms with Crippen LogP contribution < -0.4 is 4.74 Å². The normalized spacial score (nSPS) is 21.7. The standard InChI is InChI=1S/C12H13FO2/c13-9-4-3-8-2-1-7-15-11(8)10(9)12(14)5-6-12/h3-4,14H,1-2,5-7H2. The number of fused-ring (bicyclic) bond motifs is 1. The number of hydrogen-bond donors (Lipinski definition) is 1. The molecule has 0 atom stereocenters. The van der Waals surface area contributed by atoms with Gasteiger partial charge in [-0.2, -0.15) is 0 Å². The van der Waals surface area contributed by atoms with Gasteiger partial charge in [0.2, 0.25) is 0 Å². The molecule has 0 bridgehead atoms. The van der Waals surface area contributed by atoms with Crippen molar-refractivity contribution >= 4 is 0 Å². The monoisotopic (exact) mass is 208 g/mol. The van der Waals surface area contributed by atoms with Gasteiger partial charge in [0.1, 0.15) is 11.6 Å². The fraction of sp³-hybridized carbons (Fsp3) is 0.500. The van der Waals surface area contributed by atoms with Gasteiger partial charge in [0.05, 0.1) is 17.8 Å². The Bertz CT molecular complexity index is 410. The van der Waals surface area contributed by atoms with Crippen LogP contribution in [0.4, 0.5) is 4.39 Å². The first-order valence-electron chi connectivity index (χ1n) is 5.38. The quantitative estimate of drug-likeness (QED) is 0.766. The smallest absolute Gasteiger partial charge is 0.133 e. The molecule has 1 aromatic rings. The van der Waals surface area contributed by atoms with Crippen LogP contribution >= 0.6 is 0 Å². The molecule has 0 saturated heterocycles. The van der Waals surface area contributed by atoms with Crippen LogP contribution in [0.25, 0.3) is 0 Å². The first-order chi connectivity index (χ1) is 7.21. The van der Waals surface area contributed by atoms with E-state index in [1.807, 2.05) is 0 Å². The second-order valence-electron chi connectivity index (χ2n) is 4.39. The van der Waals surface area contributed by atoms with Gasteiger partial charge in [0.25, 0.3) is 0 Å². The average molecular weight is 208 g/mol. The molecule has 1 saturated carbocycles. The van der Waals surface area contributed by atoms with Crippen LogP contribution in [0.1, 0.15) is 30.4 Å². The summed E-state index contributed by atoms with van der Waals surface area (Å²) in [6, 6.07) is 3.21. The molecule has 1 N–H and O–H groups in total. The van der Waals surface area contributed by atoms with Gasteiger partial charge in [-0.25, -0.2) is 4.39 Å². The first kappa shape index (κ1) is 9.16. The van der Waals surface area contributed by atoms with Gasteiger partial charge in [-0.1, -0.05) is 6.07 Å². The summed E-state index contributed by atoms with van der Waals surface area (Å²) in [5, 5.41) is 10.0. The molecule has 1 aliphatic heterocycles. The third kappa shape index (κ3) is 1.34. The summed E-state index contributed by atoms with van der Waals surface area (Å²) in [7, 11) is 0. The Labute approximate surface area is 87.7 Å². The molecular weight excluding hydrogens is 195 g/mol. The van der Waals surface area contributed by atoms with Crippen molar-refractivity contribution in [2.75, 3.05) is 6.61 Å². The van der Waals surface area contributed by atoms with Crippen molar-refractivity contribution in [3.63, 3.8) is 0 Å². The highest BCUT2D eigenvalue weighted by atomic mass is 19.1. The van der Waals surface area contributed by atoms with Gasteiger partial charge in [0, 0.05) is 0 Å². The van der Waals surface area contributed by atoms with Crippen molar-refractivity contribution in [1.29, 1.82) is 0 Å². The summed E-state index contributed by atoms with van der Waals surface area (Å²) in [6.45, 7) is 0.625. The van der Waals surface area contributed by atoms with Gasteiger partial charge in [-0.05, 0) is 37.3 Å². The second kappa shape index (κ2) is 2.95. The van der Waals surface area contributed by atoms with E-state index in [1.54, 1.807) is 6.07 Å². The van der Waals surface area contributed by atoms with E-state index in [1.165, 1.54) is 6.07 Å². The van der Waals surface area contributed by atoms with E-state index in [0.29, 0.717) is 30.8 Å². The number of ether oxygens (including phenoxy) is 1. The van der Waals surface area contributed by atoms with Crippen LogP contribution in [0.5, 0.6) is 5.75 Å². The van der Waals surface area contributed by atoms with Crippen molar-refractivity contribution in [2.24, 2.45) is 0 Å². The van der Waals surface area contributed by atoms with E-state index in [2.05, 4.69) is 0 Å². The Hall–Kier alpha value is -1.09. The minimum absolute atomic E-state index is 0.337. The number of halogens is 1. The SMILES string of the molecule is OC1(c2c(F)ccc3c2OCCC3)CC1. The largest absolute Gasteiger partial charge is 0.493 e. The van der Waals surface area contributed by atoms with Gasteiger partial charge in [0.15, 0.2) is 0 Å². The zero-order valence-electron chi connectivity index (χ0n) is 8.42. The number of aliphatic hydroxyl groups is 1. The maximum absolute atomic E-state index is 13.7. The fourth-order valence-corrected chi connectivity index (χ4v) is 2.20. The molecule has 0 spiro atoms. The molecule has 0 unspecified atom stereocenters. The summed E-state index contributed by atoms with van der Waals surface area (Å²) < 4.78 is 19.2. The predicted molar refractivity (Wildman–Crippen MR) is 53.3 cm³/mol. The summed E-state index contributed by atoms with van der Waals surface area (Å²) in [4.78, 5) is 0. The second-order valence-corrected chi connectivity index (χ2v) is 4.39. The fourth-order valence-electron chi connectivity index (χ4n) is 2.20. The molecule has 0 radical (unpaired) electrons. The Morgan fingerprint density at radius 1 is 1.33 bits per heavy atom. The van der Waals surface area contributed by atoms with E-state index in [0.717, 1.165) is 18.4 Å². The Balaban J connectivity index is 2.18. The highest BCUT2D eigenvalue weighted by Crippen LogP contribution is 2.51. The average Bonchev–Trinajstić information content (AvgIpc) is 2.97. The van der Waals surface area contributed by atoms with Gasteiger partial charge in [-0.3, -0.25) is 0 Å². The van der Waals surface area contributed by atoms with Crippen LogP contribution in [0, 0.1) is 5.82 Å². The van der Waals surface area contributed by atoms with Crippen molar-refractivity contribution < 1.29 is 14.2 Å². The van der Waals surface area contributed by atoms with Crippen LogP contribution in [0.2, 0.25) is 0 Å². The topological polar surface area (TPSA) is 29.5 Å². The Morgan fingerprint density at radius 2 is 2.13 bits per heavy atom. The number of benzene rings is 1. The van der Waals surface area contributed by atoms with Gasteiger partial charge in [-0.15, -0.1) is 0 Å². The highest BCUT2D eigenvalue weighted by Gasteiger charge is 2.47. The minimum Gasteiger partial charge on any atom is -0.493 e. The molecule has 1 aromatic carbocycles. The van der Waals surface area contributed by atoms with E-state index < -0.39 is 5.60 Å². The highest BCUT2D eigenvalue weighted by molar-refractivity contribution is 5.48. The molecular formula is C12H13FO2. The Morgan fingerprint density at radius 3 is 2.87 bits per heavy atom. The lowest BCUT2D eigenvalue weighted by Gasteiger charge is -2.23. The lowest BCUT2D eigenvalue weighted by atomic mass is 9.97. The molecule has 3 heteroatoms. The zero-order valence-corrected chi connectivity index (χ0v) is 8.42. The molecule has 0 amide bonds. The molecule has 3 rings (SSSR count). The summed E-state index contributed by atoms with van der Waals surface area (Å²) in [5.41, 5.74) is 0.463. The first-order valence-corrected chi connectivity index (χ1v) is 5.38. The van der Waals surface area contributed by atoms with Crippen molar-refractivity contribution in [3.8, 4) is 5.75 Å². The molecule has 2 nitrogen and oxygen atoms in total. The van der Waals surface area contributed by atoms with Crippen LogP contribution in [-0.2, 0) is 12.0 Å². The van der Waals surface area contributed by atoms with E-state index in [4.69, 9.17) is 4.74 Å². The van der Waals surface area contributed by atoms with Crippen molar-refractivity contribution in [3.05, 3.63) is 29.1 Å².